The highest BCUT2D eigenvalue weighted by atomic mass is 19.4. The zero-order valence-corrected chi connectivity index (χ0v) is 12.4. The van der Waals surface area contributed by atoms with Crippen LogP contribution in [0.15, 0.2) is 0 Å². The van der Waals surface area contributed by atoms with Gasteiger partial charge in [-0.3, -0.25) is 4.79 Å². The molecule has 1 fully saturated rings. The molecule has 0 heterocycles. The van der Waals surface area contributed by atoms with Crippen LogP contribution in [0.5, 0.6) is 0 Å². The smallest absolute Gasteiger partial charge is 0.428 e. The van der Waals surface area contributed by atoms with E-state index in [1.54, 1.807) is 6.92 Å². The SMILES string of the molecule is CC(C)C(=O)OC(C)(C1CCC(C)(O)CC1)C(F)(F)F. The highest BCUT2D eigenvalue weighted by Gasteiger charge is 2.60. The number of aliphatic hydroxyl groups is 1. The molecule has 1 aliphatic carbocycles. The summed E-state index contributed by atoms with van der Waals surface area (Å²) in [6, 6.07) is 0. The summed E-state index contributed by atoms with van der Waals surface area (Å²) >= 11 is 0. The predicted molar refractivity (Wildman–Crippen MR) is 68.0 cm³/mol. The van der Waals surface area contributed by atoms with Crippen LogP contribution in [-0.2, 0) is 9.53 Å². The third-order valence-electron chi connectivity index (χ3n) is 4.19. The molecule has 0 aliphatic heterocycles. The zero-order chi connectivity index (χ0) is 15.8. The Kier molecular flexibility index (Phi) is 4.79. The number of hydrogen-bond donors (Lipinski definition) is 1. The molecule has 0 aromatic carbocycles. The van der Waals surface area contributed by atoms with E-state index in [9.17, 15) is 23.1 Å². The van der Waals surface area contributed by atoms with Crippen molar-refractivity contribution >= 4 is 5.97 Å². The van der Waals surface area contributed by atoms with Gasteiger partial charge in [0.25, 0.3) is 0 Å². The van der Waals surface area contributed by atoms with Gasteiger partial charge in [-0.15, -0.1) is 0 Å². The Balaban J connectivity index is 2.93. The maximum atomic E-state index is 13.4. The summed E-state index contributed by atoms with van der Waals surface area (Å²) < 4.78 is 44.9. The molecule has 1 atom stereocenters. The van der Waals surface area contributed by atoms with Crippen molar-refractivity contribution in [1.82, 2.24) is 0 Å². The van der Waals surface area contributed by atoms with Gasteiger partial charge in [0.2, 0.25) is 5.60 Å². The van der Waals surface area contributed by atoms with Gasteiger partial charge in [0.05, 0.1) is 11.5 Å². The lowest BCUT2D eigenvalue weighted by atomic mass is 9.72. The van der Waals surface area contributed by atoms with Crippen LogP contribution in [0.3, 0.4) is 0 Å². The summed E-state index contributed by atoms with van der Waals surface area (Å²) in [4.78, 5) is 11.6. The summed E-state index contributed by atoms with van der Waals surface area (Å²) in [5.74, 6) is -2.27. The van der Waals surface area contributed by atoms with Gasteiger partial charge in [0.1, 0.15) is 0 Å². The highest BCUT2D eigenvalue weighted by Crippen LogP contribution is 2.47. The number of ether oxygens (including phenoxy) is 1. The fourth-order valence-corrected chi connectivity index (χ4v) is 2.49. The van der Waals surface area contributed by atoms with E-state index >= 15 is 0 Å². The van der Waals surface area contributed by atoms with Crippen LogP contribution in [0.25, 0.3) is 0 Å². The molecule has 0 aromatic rings. The Labute approximate surface area is 117 Å². The molecule has 1 N–H and O–H groups in total. The Morgan fingerprint density at radius 2 is 1.75 bits per heavy atom. The minimum absolute atomic E-state index is 0.189. The number of alkyl halides is 3. The maximum Gasteiger partial charge on any atom is 0.428 e. The predicted octanol–water partition coefficient (Wildman–Crippen LogP) is 3.45. The van der Waals surface area contributed by atoms with Crippen molar-refractivity contribution in [3.05, 3.63) is 0 Å². The quantitative estimate of drug-likeness (QED) is 0.811. The first kappa shape index (κ1) is 17.3. The van der Waals surface area contributed by atoms with Crippen molar-refractivity contribution in [2.75, 3.05) is 0 Å². The Morgan fingerprint density at radius 1 is 1.30 bits per heavy atom. The van der Waals surface area contributed by atoms with Crippen LogP contribution < -0.4 is 0 Å². The van der Waals surface area contributed by atoms with E-state index in [0.717, 1.165) is 6.92 Å². The van der Waals surface area contributed by atoms with Gasteiger partial charge in [-0.05, 0) is 39.5 Å². The lowest BCUT2D eigenvalue weighted by Gasteiger charge is -2.43. The second-order valence-electron chi connectivity index (χ2n) is 6.45. The standard InChI is InChI=1S/C14H23F3O3/c1-9(2)11(18)20-13(4,14(15,16)17)10-5-7-12(3,19)8-6-10/h9-10,19H,5-8H2,1-4H3. The van der Waals surface area contributed by atoms with Crippen LogP contribution in [0.2, 0.25) is 0 Å². The molecule has 20 heavy (non-hydrogen) atoms. The molecule has 0 radical (unpaired) electrons. The van der Waals surface area contributed by atoms with Crippen molar-refractivity contribution in [1.29, 1.82) is 0 Å². The van der Waals surface area contributed by atoms with Crippen molar-refractivity contribution in [3.63, 3.8) is 0 Å². The first-order chi connectivity index (χ1) is 8.89. The summed E-state index contributed by atoms with van der Waals surface area (Å²) in [5.41, 5.74) is -3.41. The van der Waals surface area contributed by atoms with Crippen LogP contribution in [-0.4, -0.2) is 28.5 Å². The first-order valence-electron chi connectivity index (χ1n) is 6.91. The van der Waals surface area contributed by atoms with Crippen molar-refractivity contribution in [3.8, 4) is 0 Å². The zero-order valence-electron chi connectivity index (χ0n) is 12.4. The highest BCUT2D eigenvalue weighted by molar-refractivity contribution is 5.72. The molecular formula is C14H23F3O3. The van der Waals surface area contributed by atoms with Gasteiger partial charge in [0.15, 0.2) is 0 Å². The van der Waals surface area contributed by atoms with Crippen molar-refractivity contribution in [2.24, 2.45) is 11.8 Å². The Morgan fingerprint density at radius 3 is 2.10 bits per heavy atom. The van der Waals surface area contributed by atoms with Crippen LogP contribution in [0.1, 0.15) is 53.4 Å². The van der Waals surface area contributed by atoms with Gasteiger partial charge in [-0.1, -0.05) is 13.8 Å². The average molecular weight is 296 g/mol. The molecule has 1 rings (SSSR count). The van der Waals surface area contributed by atoms with Crippen LogP contribution >= 0.6 is 0 Å². The van der Waals surface area contributed by atoms with E-state index in [2.05, 4.69) is 0 Å². The topological polar surface area (TPSA) is 46.5 Å². The Bertz CT molecular complexity index is 353. The van der Waals surface area contributed by atoms with Gasteiger partial charge in [-0.2, -0.15) is 13.2 Å². The van der Waals surface area contributed by atoms with E-state index < -0.39 is 35.2 Å². The fourth-order valence-electron chi connectivity index (χ4n) is 2.49. The van der Waals surface area contributed by atoms with Crippen molar-refractivity contribution < 1.29 is 27.8 Å². The maximum absolute atomic E-state index is 13.4. The number of esters is 1. The van der Waals surface area contributed by atoms with E-state index in [0.29, 0.717) is 0 Å². The monoisotopic (exact) mass is 296 g/mol. The molecular weight excluding hydrogens is 273 g/mol. The number of rotatable bonds is 3. The molecule has 0 amide bonds. The number of halogens is 3. The van der Waals surface area contributed by atoms with Crippen LogP contribution in [0.4, 0.5) is 13.2 Å². The summed E-state index contributed by atoms with van der Waals surface area (Å²) in [6.07, 6.45) is -3.68. The molecule has 0 bridgehead atoms. The van der Waals surface area contributed by atoms with Gasteiger partial charge < -0.3 is 9.84 Å². The Hall–Kier alpha value is -0.780. The third-order valence-corrected chi connectivity index (χ3v) is 4.19. The molecule has 6 heteroatoms. The minimum Gasteiger partial charge on any atom is -0.449 e. The van der Waals surface area contributed by atoms with Gasteiger partial charge in [0, 0.05) is 5.92 Å². The third kappa shape index (κ3) is 3.65. The normalized spacial score (nSPS) is 30.9. The van der Waals surface area contributed by atoms with Crippen molar-refractivity contribution in [2.45, 2.75) is 70.8 Å². The van der Waals surface area contributed by atoms with Gasteiger partial charge in [-0.25, -0.2) is 0 Å². The summed E-state index contributed by atoms with van der Waals surface area (Å²) in [7, 11) is 0. The van der Waals surface area contributed by atoms with E-state index in [1.165, 1.54) is 13.8 Å². The molecule has 0 spiro atoms. The second kappa shape index (κ2) is 5.54. The van der Waals surface area contributed by atoms with Crippen LogP contribution in [0, 0.1) is 11.8 Å². The lowest BCUT2D eigenvalue weighted by Crippen LogP contribution is -2.54. The van der Waals surface area contributed by atoms with E-state index in [1.807, 2.05) is 0 Å². The minimum atomic E-state index is -4.62. The fraction of sp³-hybridized carbons (Fsp3) is 0.929. The molecule has 3 nitrogen and oxygen atoms in total. The molecule has 1 aliphatic rings. The molecule has 1 saturated carbocycles. The molecule has 0 saturated heterocycles. The lowest BCUT2D eigenvalue weighted by molar-refractivity contribution is -0.287. The molecule has 0 aromatic heterocycles. The van der Waals surface area contributed by atoms with E-state index in [-0.39, 0.29) is 25.7 Å². The average Bonchev–Trinajstić information content (AvgIpc) is 2.26. The molecule has 1 unspecified atom stereocenters. The number of hydrogen-bond acceptors (Lipinski definition) is 3. The summed E-state index contributed by atoms with van der Waals surface area (Å²) in [6.45, 7) is 5.57. The second-order valence-corrected chi connectivity index (χ2v) is 6.45. The summed E-state index contributed by atoms with van der Waals surface area (Å²) in [5, 5.41) is 9.84. The number of carbonyl (C=O) groups is 1. The molecule has 118 valence electrons. The largest absolute Gasteiger partial charge is 0.449 e. The first-order valence-corrected chi connectivity index (χ1v) is 6.91. The van der Waals surface area contributed by atoms with E-state index in [4.69, 9.17) is 4.74 Å². The number of carbonyl (C=O) groups excluding carboxylic acids is 1. The van der Waals surface area contributed by atoms with Gasteiger partial charge >= 0.3 is 12.1 Å².